The van der Waals surface area contributed by atoms with E-state index in [0.717, 1.165) is 11.4 Å². The second-order valence-corrected chi connectivity index (χ2v) is 6.06. The van der Waals surface area contributed by atoms with Crippen molar-refractivity contribution in [1.82, 2.24) is 5.32 Å². The van der Waals surface area contributed by atoms with Gasteiger partial charge in [0.05, 0.1) is 12.8 Å². The largest absolute Gasteiger partial charge is 0.495 e. The number of amides is 2. The number of carbonyl (C=O) groups excluding carboxylic acids is 3. The van der Waals surface area contributed by atoms with Crippen molar-refractivity contribution in [3.63, 3.8) is 0 Å². The Hall–Kier alpha value is -2.57. The number of imide groups is 1. The van der Waals surface area contributed by atoms with Crippen LogP contribution in [0.4, 0.5) is 11.4 Å². The van der Waals surface area contributed by atoms with Crippen molar-refractivity contribution in [3.8, 4) is 5.75 Å². The Bertz CT molecular complexity index is 664. The molecule has 0 spiro atoms. The van der Waals surface area contributed by atoms with E-state index in [4.69, 9.17) is 4.74 Å². The number of piperidine rings is 2. The maximum absolute atomic E-state index is 11.8. The summed E-state index contributed by atoms with van der Waals surface area (Å²) in [6, 6.07) is 5.24. The van der Waals surface area contributed by atoms with E-state index in [0.29, 0.717) is 50.3 Å². The van der Waals surface area contributed by atoms with Crippen LogP contribution in [0.2, 0.25) is 0 Å². The quantitative estimate of drug-likeness (QED) is 0.803. The molecule has 1 aromatic carbocycles. The Kier molecular flexibility index (Phi) is 4.69. The van der Waals surface area contributed by atoms with Gasteiger partial charge in [-0.3, -0.25) is 19.7 Å². The first kappa shape index (κ1) is 16.3. The molecule has 1 atom stereocenters. The van der Waals surface area contributed by atoms with E-state index in [1.807, 2.05) is 18.2 Å². The number of rotatable bonds is 4. The first-order chi connectivity index (χ1) is 11.6. The van der Waals surface area contributed by atoms with Crippen molar-refractivity contribution in [2.75, 3.05) is 30.4 Å². The topological polar surface area (TPSA) is 87.7 Å². The average Bonchev–Trinajstić information content (AvgIpc) is 2.58. The van der Waals surface area contributed by atoms with Gasteiger partial charge in [0.2, 0.25) is 11.8 Å². The number of hydrogen-bond acceptors (Lipinski definition) is 6. The van der Waals surface area contributed by atoms with Crippen LogP contribution in [0.1, 0.15) is 25.7 Å². The highest BCUT2D eigenvalue weighted by Crippen LogP contribution is 2.33. The fourth-order valence-electron chi connectivity index (χ4n) is 3.06. The molecule has 0 radical (unpaired) electrons. The van der Waals surface area contributed by atoms with Gasteiger partial charge in [0.25, 0.3) is 0 Å². The predicted molar refractivity (Wildman–Crippen MR) is 89.2 cm³/mol. The lowest BCUT2D eigenvalue weighted by Gasteiger charge is -2.30. The zero-order valence-electron chi connectivity index (χ0n) is 13.6. The lowest BCUT2D eigenvalue weighted by atomic mass is 10.1. The third-order valence-electron chi connectivity index (χ3n) is 4.42. The van der Waals surface area contributed by atoms with Crippen molar-refractivity contribution in [1.29, 1.82) is 0 Å². The van der Waals surface area contributed by atoms with E-state index in [1.54, 1.807) is 7.11 Å². The number of anilines is 2. The summed E-state index contributed by atoms with van der Waals surface area (Å²) in [7, 11) is 1.60. The van der Waals surface area contributed by atoms with Gasteiger partial charge in [0, 0.05) is 44.1 Å². The lowest BCUT2D eigenvalue weighted by molar-refractivity contribution is -0.133. The Morgan fingerprint density at radius 1 is 1.17 bits per heavy atom. The predicted octanol–water partition coefficient (Wildman–Crippen LogP) is 1.08. The Balaban J connectivity index is 1.73. The number of hydrogen-bond donors (Lipinski definition) is 2. The van der Waals surface area contributed by atoms with Crippen molar-refractivity contribution in [3.05, 3.63) is 18.2 Å². The fraction of sp³-hybridized carbons (Fsp3) is 0.471. The molecule has 128 valence electrons. The molecule has 2 saturated heterocycles. The van der Waals surface area contributed by atoms with Gasteiger partial charge in [0.15, 0.2) is 0 Å². The maximum Gasteiger partial charge on any atom is 0.249 e. The smallest absolute Gasteiger partial charge is 0.249 e. The van der Waals surface area contributed by atoms with E-state index in [2.05, 4.69) is 15.5 Å². The molecule has 24 heavy (non-hydrogen) atoms. The van der Waals surface area contributed by atoms with Gasteiger partial charge in [0.1, 0.15) is 17.6 Å². The normalized spacial score (nSPS) is 21.5. The van der Waals surface area contributed by atoms with Gasteiger partial charge in [-0.15, -0.1) is 0 Å². The van der Waals surface area contributed by atoms with Gasteiger partial charge in [-0.05, 0) is 18.6 Å². The van der Waals surface area contributed by atoms with Crippen LogP contribution in [-0.2, 0) is 14.4 Å². The number of carbonyl (C=O) groups is 3. The number of nitrogens with one attached hydrogen (secondary N) is 2. The van der Waals surface area contributed by atoms with E-state index in [9.17, 15) is 14.4 Å². The Labute approximate surface area is 140 Å². The van der Waals surface area contributed by atoms with E-state index in [1.165, 1.54) is 0 Å². The molecule has 2 aliphatic rings. The molecule has 2 N–H and O–H groups in total. The highest BCUT2D eigenvalue weighted by atomic mass is 16.5. The first-order valence-corrected chi connectivity index (χ1v) is 8.12. The van der Waals surface area contributed by atoms with Crippen LogP contribution < -0.4 is 20.3 Å². The molecule has 0 bridgehead atoms. The van der Waals surface area contributed by atoms with Crippen LogP contribution in [-0.4, -0.2) is 43.8 Å². The minimum Gasteiger partial charge on any atom is -0.495 e. The van der Waals surface area contributed by atoms with Crippen LogP contribution in [0.3, 0.4) is 0 Å². The molecule has 1 unspecified atom stereocenters. The van der Waals surface area contributed by atoms with Gasteiger partial charge in [-0.1, -0.05) is 0 Å². The Morgan fingerprint density at radius 3 is 2.58 bits per heavy atom. The van der Waals surface area contributed by atoms with Gasteiger partial charge in [-0.25, -0.2) is 0 Å². The highest BCUT2D eigenvalue weighted by molar-refractivity contribution is 6.01. The number of Topliss-reactive ketones (excluding diaryl/α,β-unsaturated/α-hetero) is 1. The molecular weight excluding hydrogens is 310 g/mol. The summed E-state index contributed by atoms with van der Waals surface area (Å²) in [5.74, 6) is 0.456. The van der Waals surface area contributed by atoms with Crippen LogP contribution in [0.25, 0.3) is 0 Å². The fourth-order valence-corrected chi connectivity index (χ4v) is 3.06. The van der Waals surface area contributed by atoms with Crippen molar-refractivity contribution in [2.45, 2.75) is 31.7 Å². The van der Waals surface area contributed by atoms with Crippen molar-refractivity contribution in [2.24, 2.45) is 0 Å². The summed E-state index contributed by atoms with van der Waals surface area (Å²) < 4.78 is 5.48. The molecule has 7 heteroatoms. The second kappa shape index (κ2) is 6.90. The van der Waals surface area contributed by atoms with Crippen LogP contribution >= 0.6 is 0 Å². The van der Waals surface area contributed by atoms with Gasteiger partial charge in [-0.2, -0.15) is 0 Å². The third-order valence-corrected chi connectivity index (χ3v) is 4.42. The molecule has 7 nitrogen and oxygen atoms in total. The van der Waals surface area contributed by atoms with Crippen LogP contribution in [0, 0.1) is 0 Å². The molecule has 0 aromatic heterocycles. The number of ether oxygens (including phenoxy) is 1. The third kappa shape index (κ3) is 3.50. The van der Waals surface area contributed by atoms with E-state index < -0.39 is 6.04 Å². The van der Waals surface area contributed by atoms with E-state index in [-0.39, 0.29) is 11.8 Å². The average molecular weight is 331 g/mol. The van der Waals surface area contributed by atoms with E-state index >= 15 is 0 Å². The summed E-state index contributed by atoms with van der Waals surface area (Å²) in [6.45, 7) is 1.38. The maximum atomic E-state index is 11.8. The Morgan fingerprint density at radius 2 is 1.92 bits per heavy atom. The molecule has 2 amide bonds. The zero-order chi connectivity index (χ0) is 17.1. The van der Waals surface area contributed by atoms with Crippen molar-refractivity contribution >= 4 is 29.0 Å². The molecule has 0 aliphatic carbocycles. The highest BCUT2D eigenvalue weighted by Gasteiger charge is 2.27. The summed E-state index contributed by atoms with van der Waals surface area (Å²) >= 11 is 0. The standard InChI is InChI=1S/C17H21N3O4/c1-24-15-10-11(18-13-3-5-16(22)19-17(13)23)2-4-14(15)20-8-6-12(21)7-9-20/h2,4,10,13,18H,3,5-9H2,1H3,(H,19,22,23). The summed E-state index contributed by atoms with van der Waals surface area (Å²) in [6.07, 6.45) is 1.92. The molecule has 1 aromatic rings. The molecule has 0 saturated carbocycles. The second-order valence-electron chi connectivity index (χ2n) is 6.06. The first-order valence-electron chi connectivity index (χ1n) is 8.12. The summed E-state index contributed by atoms with van der Waals surface area (Å²) in [5, 5.41) is 5.48. The minimum atomic E-state index is -0.425. The molecule has 2 heterocycles. The molecular formula is C17H21N3O4. The summed E-state index contributed by atoms with van der Waals surface area (Å²) in [4.78, 5) is 36.6. The molecule has 2 fully saturated rings. The number of methoxy groups -OCH3 is 1. The van der Waals surface area contributed by atoms with Gasteiger partial charge >= 0.3 is 0 Å². The summed E-state index contributed by atoms with van der Waals surface area (Å²) in [5.41, 5.74) is 1.71. The number of benzene rings is 1. The zero-order valence-corrected chi connectivity index (χ0v) is 13.6. The molecule has 3 rings (SSSR count). The van der Waals surface area contributed by atoms with Crippen LogP contribution in [0.15, 0.2) is 18.2 Å². The molecule has 2 aliphatic heterocycles. The van der Waals surface area contributed by atoms with Gasteiger partial charge < -0.3 is 15.0 Å². The number of ketones is 1. The SMILES string of the molecule is COc1cc(NC2CCC(=O)NC2=O)ccc1N1CCC(=O)CC1. The number of nitrogens with zero attached hydrogens (tertiary/aromatic N) is 1. The minimum absolute atomic E-state index is 0.231. The lowest BCUT2D eigenvalue weighted by Crippen LogP contribution is -2.47. The monoisotopic (exact) mass is 331 g/mol. The van der Waals surface area contributed by atoms with Crippen LogP contribution in [0.5, 0.6) is 5.75 Å². The van der Waals surface area contributed by atoms with Crippen molar-refractivity contribution < 1.29 is 19.1 Å².